The summed E-state index contributed by atoms with van der Waals surface area (Å²) in [6.07, 6.45) is 3.38. The summed E-state index contributed by atoms with van der Waals surface area (Å²) in [5, 5.41) is 3.79. The number of hydrogen-bond acceptors (Lipinski definition) is 2. The lowest BCUT2D eigenvalue weighted by Gasteiger charge is -2.24. The summed E-state index contributed by atoms with van der Waals surface area (Å²) in [5.74, 6) is 1.06. The van der Waals surface area contributed by atoms with Crippen molar-refractivity contribution in [1.82, 2.24) is 10.2 Å². The van der Waals surface area contributed by atoms with Crippen molar-refractivity contribution in [1.29, 1.82) is 0 Å². The van der Waals surface area contributed by atoms with Gasteiger partial charge in [0.1, 0.15) is 17.2 Å². The van der Waals surface area contributed by atoms with Gasteiger partial charge in [-0.2, -0.15) is 0 Å². The summed E-state index contributed by atoms with van der Waals surface area (Å²) in [6.45, 7) is 7.47. The number of halogens is 1. The number of furan rings is 1. The molecule has 0 bridgehead atoms. The number of nitrogens with zero attached hydrogens (tertiary/aromatic N) is 1. The van der Waals surface area contributed by atoms with Crippen molar-refractivity contribution >= 4 is 17.0 Å². The predicted molar refractivity (Wildman–Crippen MR) is 92.4 cm³/mol. The third-order valence-corrected chi connectivity index (χ3v) is 4.62. The fourth-order valence-electron chi connectivity index (χ4n) is 3.12. The molecule has 4 nitrogen and oxygen atoms in total. The minimum Gasteiger partial charge on any atom is -0.459 e. The van der Waals surface area contributed by atoms with E-state index in [1.165, 1.54) is 25.0 Å². The van der Waals surface area contributed by atoms with Gasteiger partial charge in [-0.1, -0.05) is 6.92 Å². The number of amides is 2. The lowest BCUT2D eigenvalue weighted by Crippen LogP contribution is -2.42. The quantitative estimate of drug-likeness (QED) is 0.828. The number of nitrogens with one attached hydrogen (secondary N) is 1. The van der Waals surface area contributed by atoms with E-state index < -0.39 is 0 Å². The van der Waals surface area contributed by atoms with Crippen LogP contribution >= 0.6 is 0 Å². The first-order valence-electron chi connectivity index (χ1n) is 8.73. The van der Waals surface area contributed by atoms with E-state index in [4.69, 9.17) is 4.42 Å². The standard InChI is InChI=1S/C19H25FN2O2/c1-4-9-22(11-14-5-6-14)19(23)21-13(3)18-12(2)16-10-15(20)7-8-17(16)24-18/h7-8,10,13-14H,4-6,9,11H2,1-3H3,(H,21,23). The molecule has 1 saturated carbocycles. The van der Waals surface area contributed by atoms with Gasteiger partial charge in [0.25, 0.3) is 0 Å². The maximum Gasteiger partial charge on any atom is 0.317 e. The predicted octanol–water partition coefficient (Wildman–Crippen LogP) is 4.77. The van der Waals surface area contributed by atoms with Crippen LogP contribution in [0.1, 0.15) is 50.5 Å². The average Bonchev–Trinajstić information content (AvgIpc) is 3.30. The number of benzene rings is 1. The van der Waals surface area contributed by atoms with Gasteiger partial charge >= 0.3 is 6.03 Å². The molecule has 1 heterocycles. The molecule has 2 aromatic rings. The first-order chi connectivity index (χ1) is 11.5. The molecule has 1 atom stereocenters. The van der Waals surface area contributed by atoms with Crippen molar-refractivity contribution < 1.29 is 13.6 Å². The number of hydrogen-bond donors (Lipinski definition) is 1. The molecule has 3 rings (SSSR count). The Morgan fingerprint density at radius 2 is 2.21 bits per heavy atom. The first-order valence-corrected chi connectivity index (χ1v) is 8.73. The van der Waals surface area contributed by atoms with E-state index in [-0.39, 0.29) is 17.9 Å². The van der Waals surface area contributed by atoms with Gasteiger partial charge in [-0.25, -0.2) is 9.18 Å². The Morgan fingerprint density at radius 1 is 1.46 bits per heavy atom. The second kappa shape index (κ2) is 6.83. The van der Waals surface area contributed by atoms with E-state index in [1.54, 1.807) is 6.07 Å². The van der Waals surface area contributed by atoms with E-state index in [2.05, 4.69) is 12.2 Å². The van der Waals surface area contributed by atoms with E-state index in [1.807, 2.05) is 18.7 Å². The van der Waals surface area contributed by atoms with Gasteiger partial charge in [0.15, 0.2) is 0 Å². The zero-order chi connectivity index (χ0) is 17.3. The van der Waals surface area contributed by atoms with Crippen LogP contribution in [-0.2, 0) is 0 Å². The normalized spacial score (nSPS) is 15.5. The number of rotatable bonds is 6. The van der Waals surface area contributed by atoms with Crippen molar-refractivity contribution in [3.8, 4) is 0 Å². The van der Waals surface area contributed by atoms with Gasteiger partial charge in [-0.05, 0) is 57.2 Å². The number of fused-ring (bicyclic) bond motifs is 1. The molecule has 0 spiro atoms. The van der Waals surface area contributed by atoms with Gasteiger partial charge in [0.05, 0.1) is 6.04 Å². The van der Waals surface area contributed by atoms with E-state index in [0.717, 1.165) is 30.5 Å². The third kappa shape index (κ3) is 3.55. The molecule has 130 valence electrons. The molecule has 24 heavy (non-hydrogen) atoms. The largest absolute Gasteiger partial charge is 0.459 e. The van der Waals surface area contributed by atoms with E-state index in [9.17, 15) is 9.18 Å². The third-order valence-electron chi connectivity index (χ3n) is 4.62. The van der Waals surface area contributed by atoms with Crippen molar-refractivity contribution in [2.45, 2.75) is 46.1 Å². The molecule has 0 aliphatic heterocycles. The van der Waals surface area contributed by atoms with Crippen LogP contribution in [0.3, 0.4) is 0 Å². The Hall–Kier alpha value is -2.04. The molecule has 2 amide bonds. The van der Waals surface area contributed by atoms with Crippen LogP contribution in [0.5, 0.6) is 0 Å². The van der Waals surface area contributed by atoms with Crippen molar-refractivity contribution in [2.75, 3.05) is 13.1 Å². The van der Waals surface area contributed by atoms with Crippen LogP contribution in [0, 0.1) is 18.7 Å². The summed E-state index contributed by atoms with van der Waals surface area (Å²) in [4.78, 5) is 14.5. The summed E-state index contributed by atoms with van der Waals surface area (Å²) in [6, 6.07) is 4.18. The molecule has 1 aliphatic rings. The molecule has 1 aromatic heterocycles. The highest BCUT2D eigenvalue weighted by molar-refractivity contribution is 5.82. The Morgan fingerprint density at radius 3 is 2.88 bits per heavy atom. The zero-order valence-corrected chi connectivity index (χ0v) is 14.6. The Bertz CT molecular complexity index is 736. The van der Waals surface area contributed by atoms with Crippen LogP contribution in [0.15, 0.2) is 22.6 Å². The smallest absolute Gasteiger partial charge is 0.317 e. The van der Waals surface area contributed by atoms with Crippen molar-refractivity contribution in [2.24, 2.45) is 5.92 Å². The average molecular weight is 332 g/mol. The van der Waals surface area contributed by atoms with Gasteiger partial charge in [-0.15, -0.1) is 0 Å². The summed E-state index contributed by atoms with van der Waals surface area (Å²) in [5.41, 5.74) is 1.52. The fraction of sp³-hybridized carbons (Fsp3) is 0.526. The van der Waals surface area contributed by atoms with Gasteiger partial charge < -0.3 is 14.6 Å². The van der Waals surface area contributed by atoms with Crippen molar-refractivity contribution in [3.63, 3.8) is 0 Å². The van der Waals surface area contributed by atoms with Gasteiger partial charge in [0, 0.05) is 24.0 Å². The highest BCUT2D eigenvalue weighted by Crippen LogP contribution is 2.31. The van der Waals surface area contributed by atoms with Crippen LogP contribution in [0.25, 0.3) is 11.0 Å². The molecule has 1 aliphatic carbocycles. The fourth-order valence-corrected chi connectivity index (χ4v) is 3.12. The monoisotopic (exact) mass is 332 g/mol. The lowest BCUT2D eigenvalue weighted by molar-refractivity contribution is 0.190. The number of aryl methyl sites for hydroxylation is 1. The molecule has 1 fully saturated rings. The second-order valence-corrected chi connectivity index (χ2v) is 6.79. The SMILES string of the molecule is CCCN(CC1CC1)C(=O)NC(C)c1oc2ccc(F)cc2c1C. The van der Waals surface area contributed by atoms with Crippen molar-refractivity contribution in [3.05, 3.63) is 35.3 Å². The molecule has 5 heteroatoms. The molecule has 1 N–H and O–H groups in total. The second-order valence-electron chi connectivity index (χ2n) is 6.79. The molecule has 0 radical (unpaired) electrons. The molecule has 1 aromatic carbocycles. The van der Waals surface area contributed by atoms with Crippen LogP contribution in [0.2, 0.25) is 0 Å². The maximum absolute atomic E-state index is 13.4. The number of carbonyl (C=O) groups excluding carboxylic acids is 1. The van der Waals surface area contributed by atoms with E-state index in [0.29, 0.717) is 17.3 Å². The topological polar surface area (TPSA) is 45.5 Å². The Labute approximate surface area is 142 Å². The molecule has 0 saturated heterocycles. The van der Waals surface area contributed by atoms with Gasteiger partial charge in [-0.3, -0.25) is 0 Å². The summed E-state index contributed by atoms with van der Waals surface area (Å²) < 4.78 is 19.3. The number of carbonyl (C=O) groups is 1. The Kier molecular flexibility index (Phi) is 4.78. The molecule has 1 unspecified atom stereocenters. The lowest BCUT2D eigenvalue weighted by atomic mass is 10.1. The Balaban J connectivity index is 1.74. The summed E-state index contributed by atoms with van der Waals surface area (Å²) >= 11 is 0. The van der Waals surface area contributed by atoms with Crippen LogP contribution in [-0.4, -0.2) is 24.0 Å². The highest BCUT2D eigenvalue weighted by atomic mass is 19.1. The first kappa shape index (κ1) is 16.8. The minimum atomic E-state index is -0.284. The van der Waals surface area contributed by atoms with Crippen LogP contribution in [0.4, 0.5) is 9.18 Å². The maximum atomic E-state index is 13.4. The van der Waals surface area contributed by atoms with E-state index >= 15 is 0 Å². The molecular formula is C19H25FN2O2. The minimum absolute atomic E-state index is 0.0534. The molecular weight excluding hydrogens is 307 g/mol. The highest BCUT2D eigenvalue weighted by Gasteiger charge is 2.27. The number of urea groups is 1. The summed E-state index contributed by atoms with van der Waals surface area (Å²) in [7, 11) is 0. The van der Waals surface area contributed by atoms with Gasteiger partial charge in [0.2, 0.25) is 0 Å². The zero-order valence-electron chi connectivity index (χ0n) is 14.6. The van der Waals surface area contributed by atoms with Crippen LogP contribution < -0.4 is 5.32 Å².